The molecule has 0 rings (SSSR count). The van der Waals surface area contributed by atoms with E-state index in [0.717, 1.165) is 6.08 Å². The fourth-order valence-electron chi connectivity index (χ4n) is 0.776. The van der Waals surface area contributed by atoms with E-state index in [1.807, 2.05) is 0 Å². The minimum atomic E-state index is -4.04. The fourth-order valence-corrected chi connectivity index (χ4v) is 1.60. The van der Waals surface area contributed by atoms with E-state index in [4.69, 9.17) is 4.55 Å². The Morgan fingerprint density at radius 3 is 2.50 bits per heavy atom. The van der Waals surface area contributed by atoms with Crippen molar-refractivity contribution in [1.82, 2.24) is 5.32 Å². The monoisotopic (exact) mass is 215 g/mol. The van der Waals surface area contributed by atoms with Crippen molar-refractivity contribution in [2.45, 2.75) is 19.4 Å². The maximum Gasteiger partial charge on any atom is 1.00 e. The van der Waals surface area contributed by atoms with Crippen LogP contribution in [0.25, 0.3) is 0 Å². The third kappa shape index (κ3) is 8.32. The molecule has 1 amide bonds. The van der Waals surface area contributed by atoms with Crippen molar-refractivity contribution in [1.29, 1.82) is 0 Å². The van der Waals surface area contributed by atoms with Gasteiger partial charge in [0.1, 0.15) is 0 Å². The third-order valence-electron chi connectivity index (χ3n) is 1.44. The summed E-state index contributed by atoms with van der Waals surface area (Å²) in [5.41, 5.74) is 0. The molecule has 0 saturated heterocycles. The molecule has 0 bridgehead atoms. The predicted octanol–water partition coefficient (Wildman–Crippen LogP) is -2.93. The molecular formula is C7H14LiNO4S. The number of hydrogen-bond acceptors (Lipinski definition) is 3. The SMILES string of the molecule is C=CC(=O)NC(CC)CS(=O)(=O)O.[H-].[Li+]. The van der Waals surface area contributed by atoms with E-state index in [1.54, 1.807) is 6.92 Å². The first-order valence-electron chi connectivity index (χ1n) is 3.77. The fraction of sp³-hybridized carbons (Fsp3) is 0.571. The van der Waals surface area contributed by atoms with Gasteiger partial charge in [-0.3, -0.25) is 9.35 Å². The van der Waals surface area contributed by atoms with E-state index in [0.29, 0.717) is 6.42 Å². The van der Waals surface area contributed by atoms with Crippen LogP contribution in [0.15, 0.2) is 12.7 Å². The summed E-state index contributed by atoms with van der Waals surface area (Å²) in [4.78, 5) is 10.8. The van der Waals surface area contributed by atoms with Gasteiger partial charge in [-0.1, -0.05) is 13.5 Å². The van der Waals surface area contributed by atoms with E-state index in [2.05, 4.69) is 11.9 Å². The minimum absolute atomic E-state index is 0. The van der Waals surface area contributed by atoms with E-state index >= 15 is 0 Å². The van der Waals surface area contributed by atoms with Crippen LogP contribution in [0.5, 0.6) is 0 Å². The van der Waals surface area contributed by atoms with Gasteiger partial charge in [0, 0.05) is 6.04 Å². The van der Waals surface area contributed by atoms with Gasteiger partial charge in [0.2, 0.25) is 5.91 Å². The van der Waals surface area contributed by atoms with Crippen LogP contribution < -0.4 is 24.2 Å². The molecule has 0 aliphatic rings. The van der Waals surface area contributed by atoms with Crippen molar-refractivity contribution in [3.8, 4) is 0 Å². The standard InChI is InChI=1S/C7H13NO4S.Li.H/c1-3-6(5-13(10,11)12)8-7(9)4-2;;/h4,6H,2-3,5H2,1H3,(H,8,9)(H,10,11,12);;/q;+1;-1. The van der Waals surface area contributed by atoms with E-state index in [9.17, 15) is 13.2 Å². The summed E-state index contributed by atoms with van der Waals surface area (Å²) < 4.78 is 29.4. The summed E-state index contributed by atoms with van der Waals surface area (Å²) >= 11 is 0. The number of amides is 1. The average molecular weight is 215 g/mol. The van der Waals surface area contributed by atoms with Crippen LogP contribution >= 0.6 is 0 Å². The van der Waals surface area contributed by atoms with E-state index < -0.39 is 27.8 Å². The molecule has 0 aliphatic heterocycles. The van der Waals surface area contributed by atoms with Gasteiger partial charge in [-0.25, -0.2) is 0 Å². The first kappa shape index (κ1) is 16.2. The smallest absolute Gasteiger partial charge is 1.00 e. The summed E-state index contributed by atoms with van der Waals surface area (Å²) in [6.07, 6.45) is 1.48. The minimum Gasteiger partial charge on any atom is -1.00 e. The second kappa shape index (κ2) is 7.07. The van der Waals surface area contributed by atoms with Crippen LogP contribution in [0.4, 0.5) is 0 Å². The van der Waals surface area contributed by atoms with E-state index in [1.165, 1.54) is 0 Å². The molecule has 0 aromatic carbocycles. The van der Waals surface area contributed by atoms with Crippen LogP contribution in [0, 0.1) is 0 Å². The Labute approximate surface area is 97.4 Å². The molecule has 0 aromatic heterocycles. The Balaban J connectivity index is -0.000000720. The molecule has 14 heavy (non-hydrogen) atoms. The van der Waals surface area contributed by atoms with Crippen molar-refractivity contribution in [3.63, 3.8) is 0 Å². The molecule has 0 saturated carbocycles. The van der Waals surface area contributed by atoms with Gasteiger partial charge in [0.05, 0.1) is 5.75 Å². The topological polar surface area (TPSA) is 83.5 Å². The Kier molecular flexibility index (Phi) is 8.16. The number of nitrogens with one attached hydrogen (secondary N) is 1. The summed E-state index contributed by atoms with van der Waals surface area (Å²) in [5.74, 6) is -0.918. The van der Waals surface area contributed by atoms with Crippen LogP contribution in [0.3, 0.4) is 0 Å². The molecule has 7 heteroatoms. The number of hydrogen-bond donors (Lipinski definition) is 2. The first-order chi connectivity index (χ1) is 5.89. The Morgan fingerprint density at radius 2 is 2.21 bits per heavy atom. The summed E-state index contributed by atoms with van der Waals surface area (Å²) in [6, 6.07) is -0.569. The van der Waals surface area contributed by atoms with Gasteiger partial charge in [-0.05, 0) is 12.5 Å². The molecule has 0 heterocycles. The summed E-state index contributed by atoms with van der Waals surface area (Å²) in [6.45, 7) is 4.93. The molecule has 0 fully saturated rings. The van der Waals surface area contributed by atoms with Gasteiger partial charge >= 0.3 is 18.9 Å². The van der Waals surface area contributed by atoms with Crippen LogP contribution in [0.1, 0.15) is 14.8 Å². The molecule has 2 N–H and O–H groups in total. The number of carbonyl (C=O) groups is 1. The number of rotatable bonds is 5. The van der Waals surface area contributed by atoms with Crippen molar-refractivity contribution >= 4 is 16.0 Å². The molecular weight excluding hydrogens is 201 g/mol. The summed E-state index contributed by atoms with van der Waals surface area (Å²) in [7, 11) is -4.04. The second-order valence-electron chi connectivity index (χ2n) is 2.57. The van der Waals surface area contributed by atoms with Crippen molar-refractivity contribution < 1.29 is 38.1 Å². The van der Waals surface area contributed by atoms with Gasteiger partial charge in [-0.2, -0.15) is 8.42 Å². The molecule has 1 unspecified atom stereocenters. The quantitative estimate of drug-likeness (QED) is 0.292. The maximum atomic E-state index is 10.8. The molecule has 1 atom stereocenters. The maximum absolute atomic E-state index is 10.8. The van der Waals surface area contributed by atoms with Gasteiger partial charge in [0.25, 0.3) is 10.1 Å². The molecule has 0 aliphatic carbocycles. The van der Waals surface area contributed by atoms with Crippen LogP contribution in [-0.4, -0.2) is 30.7 Å². The van der Waals surface area contributed by atoms with Gasteiger partial charge in [0.15, 0.2) is 0 Å². The van der Waals surface area contributed by atoms with Crippen molar-refractivity contribution in [2.24, 2.45) is 0 Å². The normalized spacial score (nSPS) is 12.4. The second-order valence-corrected chi connectivity index (χ2v) is 4.06. The molecule has 0 spiro atoms. The molecule has 78 valence electrons. The molecule has 5 nitrogen and oxygen atoms in total. The Hall–Kier alpha value is -0.283. The third-order valence-corrected chi connectivity index (χ3v) is 2.26. The zero-order valence-electron chi connectivity index (χ0n) is 9.36. The Morgan fingerprint density at radius 1 is 1.71 bits per heavy atom. The van der Waals surface area contributed by atoms with Crippen molar-refractivity contribution in [3.05, 3.63) is 12.7 Å². The largest absolute Gasteiger partial charge is 1.00 e. The first-order valence-corrected chi connectivity index (χ1v) is 5.38. The zero-order valence-corrected chi connectivity index (χ0v) is 9.17. The van der Waals surface area contributed by atoms with Crippen molar-refractivity contribution in [2.75, 3.05) is 5.75 Å². The zero-order chi connectivity index (χ0) is 10.5. The Bertz CT molecular complexity index is 293. The summed E-state index contributed by atoms with van der Waals surface area (Å²) in [5, 5.41) is 2.38. The predicted molar refractivity (Wildman–Crippen MR) is 49.9 cm³/mol. The van der Waals surface area contributed by atoms with Gasteiger partial charge in [-0.15, -0.1) is 0 Å². The van der Waals surface area contributed by atoms with Crippen LogP contribution in [-0.2, 0) is 14.9 Å². The molecule has 0 radical (unpaired) electrons. The van der Waals surface area contributed by atoms with Gasteiger partial charge < -0.3 is 6.74 Å². The average Bonchev–Trinajstić information content (AvgIpc) is 2.00. The van der Waals surface area contributed by atoms with Crippen LogP contribution in [0.2, 0.25) is 0 Å². The van der Waals surface area contributed by atoms with E-state index in [-0.39, 0.29) is 20.3 Å². The number of carbonyl (C=O) groups excluding carboxylic acids is 1. The molecule has 0 aromatic rings.